The fraction of sp³-hybridized carbons (Fsp3) is 0.114. The number of hydrogen-bond donors (Lipinski definition) is 0. The summed E-state index contributed by atoms with van der Waals surface area (Å²) in [4.78, 5) is 16.5. The summed E-state index contributed by atoms with van der Waals surface area (Å²) in [6.07, 6.45) is 2.21. The number of thiophene rings is 1. The van der Waals surface area contributed by atoms with Gasteiger partial charge in [0.05, 0.1) is 5.52 Å². The molecule has 4 aromatic heterocycles. The Hall–Kier alpha value is -4.81. The predicted molar refractivity (Wildman–Crippen MR) is 171 cm³/mol. The van der Waals surface area contributed by atoms with Crippen LogP contribution in [0.3, 0.4) is 0 Å². The molecule has 4 aromatic carbocycles. The van der Waals surface area contributed by atoms with Gasteiger partial charge in [0, 0.05) is 43.9 Å². The maximum absolute atomic E-state index is 5.17. The smallest absolute Gasteiger partial charge is 0.240 e. The molecule has 198 valence electrons. The lowest BCUT2D eigenvalue weighted by Gasteiger charge is -2.12. The molecule has 0 radical (unpaired) electrons. The SMILES string of the molecule is CCCCn1c2ccccc2c2c3c4ccccc4sc3n(-c3nc(-c4ccccc4)nc(-c4ccccc4)n3)c21. The van der Waals surface area contributed by atoms with Gasteiger partial charge in [-0.2, -0.15) is 9.97 Å². The molecule has 41 heavy (non-hydrogen) atoms. The van der Waals surface area contributed by atoms with Crippen LogP contribution in [0.2, 0.25) is 0 Å². The lowest BCUT2D eigenvalue weighted by Crippen LogP contribution is -2.09. The van der Waals surface area contributed by atoms with Crippen molar-refractivity contribution >= 4 is 53.6 Å². The Bertz CT molecular complexity index is 2130. The van der Waals surface area contributed by atoms with Crippen molar-refractivity contribution in [3.63, 3.8) is 0 Å². The van der Waals surface area contributed by atoms with Gasteiger partial charge in [-0.25, -0.2) is 4.98 Å². The third-order valence-electron chi connectivity index (χ3n) is 7.81. The van der Waals surface area contributed by atoms with E-state index >= 15 is 0 Å². The molecular weight excluding hydrogens is 522 g/mol. The second-order valence-corrected chi connectivity index (χ2v) is 11.4. The van der Waals surface area contributed by atoms with E-state index in [2.05, 4.69) is 88.9 Å². The number of benzene rings is 4. The van der Waals surface area contributed by atoms with Crippen LogP contribution in [0.15, 0.2) is 109 Å². The van der Waals surface area contributed by atoms with Crippen LogP contribution in [0, 0.1) is 0 Å². The molecule has 6 heteroatoms. The molecule has 0 spiro atoms. The molecule has 4 heterocycles. The van der Waals surface area contributed by atoms with Crippen LogP contribution in [-0.4, -0.2) is 24.1 Å². The number of unbranched alkanes of at least 4 members (excludes halogenated alkanes) is 1. The van der Waals surface area contributed by atoms with Crippen LogP contribution in [0.25, 0.3) is 71.0 Å². The Morgan fingerprint density at radius 2 is 1.24 bits per heavy atom. The molecule has 0 fully saturated rings. The van der Waals surface area contributed by atoms with Gasteiger partial charge in [0.25, 0.3) is 0 Å². The Kier molecular flexibility index (Phi) is 5.67. The van der Waals surface area contributed by atoms with Crippen molar-refractivity contribution in [1.82, 2.24) is 24.1 Å². The third kappa shape index (κ3) is 3.79. The Labute approximate surface area is 241 Å². The number of aryl methyl sites for hydroxylation is 1. The van der Waals surface area contributed by atoms with Gasteiger partial charge in [0.2, 0.25) is 5.95 Å². The molecule has 0 aliphatic heterocycles. The van der Waals surface area contributed by atoms with E-state index in [1.165, 1.54) is 31.8 Å². The Morgan fingerprint density at radius 3 is 1.93 bits per heavy atom. The highest BCUT2D eigenvalue weighted by molar-refractivity contribution is 7.25. The highest BCUT2D eigenvalue weighted by atomic mass is 32.1. The molecular formula is C35H27N5S. The average molecular weight is 550 g/mol. The van der Waals surface area contributed by atoms with Crippen LogP contribution in [0.5, 0.6) is 0 Å². The molecule has 8 aromatic rings. The summed E-state index contributed by atoms with van der Waals surface area (Å²) < 4.78 is 6.04. The standard InChI is InChI=1S/C35H27N5S/c1-2-3-22-39-27-20-12-10-18-25(27)29-30-26-19-11-13-21-28(26)41-34(30)40(33(29)39)35-37-31(23-14-6-4-7-15-23)36-32(38-35)24-16-8-5-9-17-24/h4-21H,2-3,22H2,1H3. The zero-order valence-electron chi connectivity index (χ0n) is 22.7. The summed E-state index contributed by atoms with van der Waals surface area (Å²) in [6.45, 7) is 3.18. The van der Waals surface area contributed by atoms with Gasteiger partial charge in [-0.3, -0.25) is 4.57 Å². The monoisotopic (exact) mass is 549 g/mol. The van der Waals surface area contributed by atoms with Gasteiger partial charge in [-0.1, -0.05) is 110 Å². The van der Waals surface area contributed by atoms with Crippen molar-refractivity contribution < 1.29 is 0 Å². The molecule has 0 aliphatic carbocycles. The summed E-state index contributed by atoms with van der Waals surface area (Å²) >= 11 is 1.81. The molecule has 8 rings (SSSR count). The number of fused-ring (bicyclic) bond motifs is 7. The highest BCUT2D eigenvalue weighted by Gasteiger charge is 2.26. The van der Waals surface area contributed by atoms with Crippen LogP contribution >= 0.6 is 11.3 Å². The van der Waals surface area contributed by atoms with E-state index < -0.39 is 0 Å². The summed E-state index contributed by atoms with van der Waals surface area (Å²) in [5.41, 5.74) is 4.33. The Balaban J connectivity index is 1.54. The molecule has 0 saturated heterocycles. The molecule has 0 bridgehead atoms. The van der Waals surface area contributed by atoms with E-state index in [0.29, 0.717) is 17.6 Å². The summed E-state index contributed by atoms with van der Waals surface area (Å²) in [6, 6.07) is 37.9. The zero-order valence-corrected chi connectivity index (χ0v) is 23.5. The van der Waals surface area contributed by atoms with E-state index in [-0.39, 0.29) is 0 Å². The van der Waals surface area contributed by atoms with Crippen molar-refractivity contribution in [2.24, 2.45) is 0 Å². The minimum Gasteiger partial charge on any atom is -0.326 e. The number of hydrogen-bond acceptors (Lipinski definition) is 4. The first-order valence-electron chi connectivity index (χ1n) is 14.1. The van der Waals surface area contributed by atoms with Gasteiger partial charge >= 0.3 is 0 Å². The third-order valence-corrected chi connectivity index (χ3v) is 8.96. The van der Waals surface area contributed by atoms with Gasteiger partial charge in [-0.15, -0.1) is 11.3 Å². The zero-order chi connectivity index (χ0) is 27.3. The lowest BCUT2D eigenvalue weighted by molar-refractivity contribution is 0.657. The summed E-state index contributed by atoms with van der Waals surface area (Å²) in [5, 5.41) is 5.09. The first kappa shape index (κ1) is 24.0. The van der Waals surface area contributed by atoms with Crippen molar-refractivity contribution in [1.29, 1.82) is 0 Å². The quantitative estimate of drug-likeness (QED) is 0.208. The molecule has 0 aliphatic rings. The molecule has 0 amide bonds. The molecule has 0 atom stereocenters. The fourth-order valence-electron chi connectivity index (χ4n) is 5.92. The highest BCUT2D eigenvalue weighted by Crippen LogP contribution is 2.46. The second kappa shape index (κ2) is 9.68. The predicted octanol–water partition coefficient (Wildman–Crippen LogP) is 9.27. The van der Waals surface area contributed by atoms with Crippen molar-refractivity contribution in [2.45, 2.75) is 26.3 Å². The first-order valence-corrected chi connectivity index (χ1v) is 14.9. The maximum Gasteiger partial charge on any atom is 0.240 e. The van der Waals surface area contributed by atoms with Crippen LogP contribution in [-0.2, 0) is 6.54 Å². The van der Waals surface area contributed by atoms with E-state index in [1.54, 1.807) is 0 Å². The summed E-state index contributed by atoms with van der Waals surface area (Å²) in [7, 11) is 0. The first-order chi connectivity index (χ1) is 20.3. The van der Waals surface area contributed by atoms with E-state index in [9.17, 15) is 0 Å². The van der Waals surface area contributed by atoms with Crippen LogP contribution in [0.1, 0.15) is 19.8 Å². The van der Waals surface area contributed by atoms with Crippen LogP contribution in [0.4, 0.5) is 0 Å². The average Bonchev–Trinajstić information content (AvgIpc) is 3.67. The minimum atomic E-state index is 0.643. The maximum atomic E-state index is 5.17. The van der Waals surface area contributed by atoms with Gasteiger partial charge in [0.1, 0.15) is 10.5 Å². The number of aromatic nitrogens is 5. The van der Waals surface area contributed by atoms with Crippen molar-refractivity contribution in [3.05, 3.63) is 109 Å². The van der Waals surface area contributed by atoms with Gasteiger partial charge in [-0.05, 0) is 18.6 Å². The topological polar surface area (TPSA) is 48.5 Å². The van der Waals surface area contributed by atoms with Crippen LogP contribution < -0.4 is 0 Å². The number of nitrogens with zero attached hydrogens (tertiary/aromatic N) is 5. The van der Waals surface area contributed by atoms with Gasteiger partial charge < -0.3 is 4.57 Å². The van der Waals surface area contributed by atoms with E-state index in [0.717, 1.165) is 41.0 Å². The number of rotatable bonds is 6. The summed E-state index contributed by atoms with van der Waals surface area (Å²) in [5.74, 6) is 1.98. The fourth-order valence-corrected chi connectivity index (χ4v) is 7.13. The molecule has 0 saturated carbocycles. The number of para-hydroxylation sites is 1. The normalized spacial score (nSPS) is 11.8. The Morgan fingerprint density at radius 1 is 0.634 bits per heavy atom. The molecule has 5 nitrogen and oxygen atoms in total. The van der Waals surface area contributed by atoms with Gasteiger partial charge in [0.15, 0.2) is 11.6 Å². The van der Waals surface area contributed by atoms with E-state index in [1.807, 2.05) is 47.7 Å². The van der Waals surface area contributed by atoms with E-state index in [4.69, 9.17) is 15.0 Å². The minimum absolute atomic E-state index is 0.643. The largest absolute Gasteiger partial charge is 0.326 e. The molecule has 0 N–H and O–H groups in total. The molecule has 0 unspecified atom stereocenters. The van der Waals surface area contributed by atoms with Crippen molar-refractivity contribution in [2.75, 3.05) is 0 Å². The van der Waals surface area contributed by atoms with Crippen molar-refractivity contribution in [3.8, 4) is 28.7 Å². The second-order valence-electron chi connectivity index (χ2n) is 10.3. The lowest BCUT2D eigenvalue weighted by atomic mass is 10.1.